The third-order valence-electron chi connectivity index (χ3n) is 4.81. The number of hydrogen-bond acceptors (Lipinski definition) is 5. The van der Waals surface area contributed by atoms with Crippen molar-refractivity contribution in [2.45, 2.75) is 24.4 Å². The number of benzene rings is 2. The van der Waals surface area contributed by atoms with Crippen LogP contribution in [0.25, 0.3) is 5.69 Å². The molecule has 6 nitrogen and oxygen atoms in total. The van der Waals surface area contributed by atoms with E-state index in [1.54, 1.807) is 6.33 Å². The second kappa shape index (κ2) is 9.33. The molecule has 0 radical (unpaired) electrons. The minimum atomic E-state index is -0.0821. The molecule has 0 bridgehead atoms. The van der Waals surface area contributed by atoms with Crippen LogP contribution in [0.5, 0.6) is 0 Å². The largest absolute Gasteiger partial charge is 0.372 e. The molecular weight excluding hydrogens is 406 g/mol. The normalized spacial score (nSPS) is 14.0. The number of anilines is 2. The molecule has 2 aromatic carbocycles. The predicted molar refractivity (Wildman–Crippen MR) is 118 cm³/mol. The summed E-state index contributed by atoms with van der Waals surface area (Å²) in [5, 5.41) is 12.3. The third kappa shape index (κ3) is 5.10. The van der Waals surface area contributed by atoms with Gasteiger partial charge >= 0.3 is 0 Å². The van der Waals surface area contributed by atoms with Crippen LogP contribution in [-0.4, -0.2) is 39.5 Å². The Morgan fingerprint density at radius 1 is 1.07 bits per heavy atom. The van der Waals surface area contributed by atoms with Crippen LogP contribution >= 0.6 is 23.4 Å². The van der Waals surface area contributed by atoms with E-state index in [9.17, 15) is 4.79 Å². The molecular formula is C21H22ClN5OS. The van der Waals surface area contributed by atoms with Crippen LogP contribution in [-0.2, 0) is 4.79 Å². The highest BCUT2D eigenvalue weighted by Gasteiger charge is 2.12. The Bertz CT molecular complexity index is 969. The molecule has 4 rings (SSSR count). The van der Waals surface area contributed by atoms with E-state index in [1.807, 2.05) is 41.0 Å². The van der Waals surface area contributed by atoms with Crippen LogP contribution in [0, 0.1) is 0 Å². The monoisotopic (exact) mass is 427 g/mol. The number of halogens is 1. The van der Waals surface area contributed by atoms with Gasteiger partial charge in [-0.1, -0.05) is 29.4 Å². The number of aromatic nitrogens is 3. The molecule has 8 heteroatoms. The van der Waals surface area contributed by atoms with Crippen molar-refractivity contribution < 1.29 is 4.79 Å². The van der Waals surface area contributed by atoms with Crippen LogP contribution in [0.4, 0.5) is 11.4 Å². The van der Waals surface area contributed by atoms with Crippen LogP contribution in [0.15, 0.2) is 60.0 Å². The summed E-state index contributed by atoms with van der Waals surface area (Å²) in [7, 11) is 0. The van der Waals surface area contributed by atoms with E-state index in [1.165, 1.54) is 36.7 Å². The van der Waals surface area contributed by atoms with E-state index in [0.717, 1.165) is 24.5 Å². The van der Waals surface area contributed by atoms with Crippen LogP contribution in [0.3, 0.4) is 0 Å². The standard InChI is InChI=1S/C21H22ClN5OS/c22-16-5-4-6-19(13-16)27-15-23-25-21(27)29-14-20(28)24-17-7-9-18(10-8-17)26-11-2-1-3-12-26/h4-10,13,15H,1-3,11-12,14H2,(H,24,28). The van der Waals surface area contributed by atoms with Crippen molar-refractivity contribution >= 4 is 40.6 Å². The first-order valence-corrected chi connectivity index (χ1v) is 11.0. The quantitative estimate of drug-likeness (QED) is 0.580. The van der Waals surface area contributed by atoms with E-state index in [-0.39, 0.29) is 11.7 Å². The van der Waals surface area contributed by atoms with Gasteiger partial charge in [-0.15, -0.1) is 10.2 Å². The summed E-state index contributed by atoms with van der Waals surface area (Å²) in [5.41, 5.74) is 2.87. The lowest BCUT2D eigenvalue weighted by Gasteiger charge is -2.28. The van der Waals surface area contributed by atoms with E-state index in [2.05, 4.69) is 32.5 Å². The fourth-order valence-electron chi connectivity index (χ4n) is 3.36. The number of thioether (sulfide) groups is 1. The Morgan fingerprint density at radius 2 is 1.86 bits per heavy atom. The average Bonchev–Trinajstić information content (AvgIpc) is 3.22. The molecule has 1 aliphatic heterocycles. The molecule has 1 N–H and O–H groups in total. The lowest BCUT2D eigenvalue weighted by molar-refractivity contribution is -0.113. The number of piperidine rings is 1. The number of amides is 1. The Balaban J connectivity index is 1.33. The summed E-state index contributed by atoms with van der Waals surface area (Å²) in [4.78, 5) is 14.8. The van der Waals surface area contributed by atoms with Gasteiger partial charge in [-0.3, -0.25) is 9.36 Å². The number of carbonyl (C=O) groups is 1. The molecule has 1 amide bonds. The Hall–Kier alpha value is -2.51. The van der Waals surface area contributed by atoms with Gasteiger partial charge in [0.2, 0.25) is 5.91 Å². The highest BCUT2D eigenvalue weighted by Crippen LogP contribution is 2.23. The summed E-state index contributed by atoms with van der Waals surface area (Å²) in [6.45, 7) is 2.21. The first-order valence-electron chi connectivity index (χ1n) is 9.63. The molecule has 1 aliphatic rings. The van der Waals surface area contributed by atoms with Gasteiger partial charge in [0.15, 0.2) is 5.16 Å². The second-order valence-corrected chi connectivity index (χ2v) is 8.27. The van der Waals surface area contributed by atoms with Gasteiger partial charge in [0.1, 0.15) is 6.33 Å². The first-order chi connectivity index (χ1) is 14.2. The summed E-state index contributed by atoms with van der Waals surface area (Å²) in [6, 6.07) is 15.5. The van der Waals surface area contributed by atoms with Crippen molar-refractivity contribution in [2.75, 3.05) is 29.1 Å². The molecule has 0 saturated carbocycles. The highest BCUT2D eigenvalue weighted by atomic mass is 35.5. The molecule has 2 heterocycles. The zero-order valence-electron chi connectivity index (χ0n) is 15.9. The van der Waals surface area contributed by atoms with E-state index >= 15 is 0 Å². The molecule has 0 unspecified atom stereocenters. The van der Waals surface area contributed by atoms with Gasteiger partial charge in [-0.25, -0.2) is 0 Å². The van der Waals surface area contributed by atoms with Crippen molar-refractivity contribution in [3.05, 3.63) is 59.9 Å². The zero-order chi connectivity index (χ0) is 20.1. The molecule has 3 aromatic rings. The van der Waals surface area contributed by atoms with Crippen LogP contribution in [0.1, 0.15) is 19.3 Å². The summed E-state index contributed by atoms with van der Waals surface area (Å²) in [5.74, 6) is 0.161. The zero-order valence-corrected chi connectivity index (χ0v) is 17.5. The first kappa shape index (κ1) is 19.8. The van der Waals surface area contributed by atoms with E-state index < -0.39 is 0 Å². The number of carbonyl (C=O) groups excluding carboxylic acids is 1. The molecule has 29 heavy (non-hydrogen) atoms. The maximum atomic E-state index is 12.4. The molecule has 150 valence electrons. The third-order valence-corrected chi connectivity index (χ3v) is 5.99. The molecule has 1 saturated heterocycles. The fraction of sp³-hybridized carbons (Fsp3) is 0.286. The smallest absolute Gasteiger partial charge is 0.234 e. The van der Waals surface area contributed by atoms with Crippen molar-refractivity contribution in [3.63, 3.8) is 0 Å². The van der Waals surface area contributed by atoms with Crippen molar-refractivity contribution in [2.24, 2.45) is 0 Å². The molecule has 0 atom stereocenters. The summed E-state index contributed by atoms with van der Waals surface area (Å²) < 4.78 is 1.82. The van der Waals surface area contributed by atoms with Gasteiger partial charge in [-0.05, 0) is 61.7 Å². The maximum absolute atomic E-state index is 12.4. The number of nitrogens with zero attached hydrogens (tertiary/aromatic N) is 4. The topological polar surface area (TPSA) is 63.1 Å². The average molecular weight is 428 g/mol. The number of hydrogen-bond donors (Lipinski definition) is 1. The predicted octanol–water partition coefficient (Wildman–Crippen LogP) is 4.64. The minimum Gasteiger partial charge on any atom is -0.372 e. The fourth-order valence-corrected chi connectivity index (χ4v) is 4.27. The Morgan fingerprint density at radius 3 is 2.62 bits per heavy atom. The number of rotatable bonds is 6. The second-order valence-electron chi connectivity index (χ2n) is 6.89. The van der Waals surface area contributed by atoms with Gasteiger partial charge in [0.05, 0.1) is 11.4 Å². The lowest BCUT2D eigenvalue weighted by atomic mass is 10.1. The Labute approximate surface area is 179 Å². The van der Waals surface area contributed by atoms with Gasteiger partial charge < -0.3 is 10.2 Å². The van der Waals surface area contributed by atoms with Crippen LogP contribution < -0.4 is 10.2 Å². The van der Waals surface area contributed by atoms with Crippen molar-refractivity contribution in [1.29, 1.82) is 0 Å². The SMILES string of the molecule is O=C(CSc1nncn1-c1cccc(Cl)c1)Nc1ccc(N2CCCCC2)cc1. The van der Waals surface area contributed by atoms with E-state index in [0.29, 0.717) is 10.2 Å². The van der Waals surface area contributed by atoms with Crippen molar-refractivity contribution in [1.82, 2.24) is 14.8 Å². The summed E-state index contributed by atoms with van der Waals surface area (Å²) >= 11 is 7.40. The van der Waals surface area contributed by atoms with Crippen LogP contribution in [0.2, 0.25) is 5.02 Å². The maximum Gasteiger partial charge on any atom is 0.234 e. The molecule has 0 aliphatic carbocycles. The highest BCUT2D eigenvalue weighted by molar-refractivity contribution is 7.99. The summed E-state index contributed by atoms with van der Waals surface area (Å²) in [6.07, 6.45) is 5.42. The molecule has 1 aromatic heterocycles. The molecule has 0 spiro atoms. The van der Waals surface area contributed by atoms with E-state index in [4.69, 9.17) is 11.6 Å². The van der Waals surface area contributed by atoms with Crippen molar-refractivity contribution in [3.8, 4) is 5.69 Å². The van der Waals surface area contributed by atoms with Gasteiger partial charge in [0, 0.05) is 29.5 Å². The van der Waals surface area contributed by atoms with Gasteiger partial charge in [0.25, 0.3) is 0 Å². The lowest BCUT2D eigenvalue weighted by Crippen LogP contribution is -2.29. The number of nitrogens with one attached hydrogen (secondary N) is 1. The molecule has 1 fully saturated rings. The Kier molecular flexibility index (Phi) is 6.36. The van der Waals surface area contributed by atoms with Gasteiger partial charge in [-0.2, -0.15) is 0 Å². The minimum absolute atomic E-state index is 0.0821.